The minimum Gasteiger partial charge on any atom is -0.399 e. The third-order valence-electron chi connectivity index (χ3n) is 2.21. The Labute approximate surface area is 93.5 Å². The lowest BCUT2D eigenvalue weighted by atomic mass is 10.3. The number of anilines is 1. The van der Waals surface area contributed by atoms with Crippen LogP contribution < -0.4 is 5.73 Å². The van der Waals surface area contributed by atoms with Gasteiger partial charge < -0.3 is 5.73 Å². The maximum atomic E-state index is 6.10. The molecule has 1 aromatic heterocycles. The van der Waals surface area contributed by atoms with Crippen molar-refractivity contribution < 1.29 is 0 Å². The van der Waals surface area contributed by atoms with Crippen LogP contribution in [-0.2, 0) is 0 Å². The molecule has 1 aromatic carbocycles. The monoisotopic (exact) mass is 221 g/mol. The average molecular weight is 222 g/mol. The number of nitrogen functional groups attached to an aromatic ring is 1. The van der Waals surface area contributed by atoms with Gasteiger partial charge in [0.15, 0.2) is 0 Å². The first-order valence-corrected chi connectivity index (χ1v) is 5.04. The molecule has 0 radical (unpaired) electrons. The Balaban J connectivity index is 2.59. The number of rotatable bonds is 1. The first-order chi connectivity index (χ1) is 7.08. The summed E-state index contributed by atoms with van der Waals surface area (Å²) in [5, 5.41) is 4.97. The van der Waals surface area contributed by atoms with Crippen molar-refractivity contribution >= 4 is 17.3 Å². The van der Waals surface area contributed by atoms with Crippen molar-refractivity contribution in [1.82, 2.24) is 9.78 Å². The molecule has 3 nitrogen and oxygen atoms in total. The number of nitrogens with two attached hydrogens (primary N) is 1. The topological polar surface area (TPSA) is 43.8 Å². The van der Waals surface area contributed by atoms with Gasteiger partial charge in [0.1, 0.15) is 0 Å². The highest BCUT2D eigenvalue weighted by atomic mass is 35.5. The number of halogens is 1. The van der Waals surface area contributed by atoms with Crippen LogP contribution in [0, 0.1) is 13.8 Å². The average Bonchev–Trinajstić information content (AvgIpc) is 2.45. The Bertz CT molecular complexity index is 503. The van der Waals surface area contributed by atoms with Gasteiger partial charge in [-0.1, -0.05) is 11.6 Å². The quantitative estimate of drug-likeness (QED) is 0.753. The van der Waals surface area contributed by atoms with E-state index in [2.05, 4.69) is 5.10 Å². The van der Waals surface area contributed by atoms with Crippen LogP contribution in [0.5, 0.6) is 0 Å². The summed E-state index contributed by atoms with van der Waals surface area (Å²) in [5.41, 5.74) is 9.18. The zero-order valence-electron chi connectivity index (χ0n) is 8.66. The third kappa shape index (κ3) is 1.83. The molecule has 78 valence electrons. The van der Waals surface area contributed by atoms with Crippen LogP contribution in [0.1, 0.15) is 11.4 Å². The van der Waals surface area contributed by atoms with E-state index in [9.17, 15) is 0 Å². The Hall–Kier alpha value is -1.48. The smallest absolute Gasteiger partial charge is 0.0836 e. The molecule has 4 heteroatoms. The number of aromatic nitrogens is 2. The lowest BCUT2D eigenvalue weighted by molar-refractivity contribution is 0.834. The van der Waals surface area contributed by atoms with Gasteiger partial charge in [-0.15, -0.1) is 0 Å². The molecule has 0 aliphatic rings. The standard InChI is InChI=1S/C11H12ClN3/c1-7-5-8(2)15(14-7)11-4-3-9(13)6-10(11)12/h3-6H,13H2,1-2H3. The molecule has 0 amide bonds. The van der Waals surface area contributed by atoms with Crippen LogP contribution in [0.2, 0.25) is 5.02 Å². The SMILES string of the molecule is Cc1cc(C)n(-c2ccc(N)cc2Cl)n1. The highest BCUT2D eigenvalue weighted by Gasteiger charge is 2.07. The lowest BCUT2D eigenvalue weighted by Crippen LogP contribution is -2.00. The zero-order chi connectivity index (χ0) is 11.0. The maximum Gasteiger partial charge on any atom is 0.0836 e. The number of nitrogens with zero attached hydrogens (tertiary/aromatic N) is 2. The number of benzene rings is 1. The second kappa shape index (κ2) is 3.59. The van der Waals surface area contributed by atoms with E-state index in [4.69, 9.17) is 17.3 Å². The van der Waals surface area contributed by atoms with E-state index < -0.39 is 0 Å². The minimum atomic E-state index is 0.612. The van der Waals surface area contributed by atoms with Gasteiger partial charge in [-0.05, 0) is 38.1 Å². The van der Waals surface area contributed by atoms with Crippen molar-refractivity contribution in [1.29, 1.82) is 0 Å². The minimum absolute atomic E-state index is 0.612. The summed E-state index contributed by atoms with van der Waals surface area (Å²) in [4.78, 5) is 0. The van der Waals surface area contributed by atoms with E-state index >= 15 is 0 Å². The summed E-state index contributed by atoms with van der Waals surface area (Å²) in [7, 11) is 0. The molecule has 0 bridgehead atoms. The predicted octanol–water partition coefficient (Wildman–Crippen LogP) is 2.72. The number of hydrogen-bond acceptors (Lipinski definition) is 2. The molecule has 0 spiro atoms. The first-order valence-electron chi connectivity index (χ1n) is 4.66. The molecule has 0 saturated carbocycles. The summed E-state index contributed by atoms with van der Waals surface area (Å²) in [6, 6.07) is 7.43. The number of aryl methyl sites for hydroxylation is 2. The van der Waals surface area contributed by atoms with Gasteiger partial charge in [0.05, 0.1) is 16.4 Å². The van der Waals surface area contributed by atoms with Gasteiger partial charge >= 0.3 is 0 Å². The Morgan fingerprint density at radius 2 is 2.00 bits per heavy atom. The molecule has 0 aliphatic heterocycles. The Kier molecular flexibility index (Phi) is 2.40. The normalized spacial score (nSPS) is 10.6. The fourth-order valence-electron chi connectivity index (χ4n) is 1.57. The van der Waals surface area contributed by atoms with Crippen molar-refractivity contribution in [3.8, 4) is 5.69 Å². The molecule has 0 saturated heterocycles. The van der Waals surface area contributed by atoms with Gasteiger partial charge in [-0.3, -0.25) is 0 Å². The second-order valence-electron chi connectivity index (χ2n) is 3.55. The molecule has 2 rings (SSSR count). The highest BCUT2D eigenvalue weighted by Crippen LogP contribution is 2.23. The van der Waals surface area contributed by atoms with E-state index in [-0.39, 0.29) is 0 Å². The van der Waals surface area contributed by atoms with Crippen LogP contribution in [0.3, 0.4) is 0 Å². The Morgan fingerprint density at radius 1 is 1.27 bits per heavy atom. The highest BCUT2D eigenvalue weighted by molar-refractivity contribution is 6.32. The van der Waals surface area contributed by atoms with Crippen molar-refractivity contribution in [3.05, 3.63) is 40.7 Å². The summed E-state index contributed by atoms with van der Waals surface area (Å²) in [6.45, 7) is 3.95. The molecule has 0 atom stereocenters. The molecule has 0 unspecified atom stereocenters. The molecular weight excluding hydrogens is 210 g/mol. The van der Waals surface area contributed by atoms with Gasteiger partial charge in [0.25, 0.3) is 0 Å². The fourth-order valence-corrected chi connectivity index (χ4v) is 1.84. The summed E-state index contributed by atoms with van der Waals surface area (Å²) in [6.07, 6.45) is 0. The van der Waals surface area contributed by atoms with Crippen LogP contribution in [0.15, 0.2) is 24.3 Å². The zero-order valence-corrected chi connectivity index (χ0v) is 9.42. The molecule has 15 heavy (non-hydrogen) atoms. The molecule has 0 fully saturated rings. The third-order valence-corrected chi connectivity index (χ3v) is 2.51. The summed E-state index contributed by atoms with van der Waals surface area (Å²) < 4.78 is 1.82. The maximum absolute atomic E-state index is 6.10. The van der Waals surface area contributed by atoms with Gasteiger partial charge in [0.2, 0.25) is 0 Å². The van der Waals surface area contributed by atoms with Crippen molar-refractivity contribution in [3.63, 3.8) is 0 Å². The molecule has 2 N–H and O–H groups in total. The van der Waals surface area contributed by atoms with E-state index in [0.717, 1.165) is 17.1 Å². The molecule has 0 aliphatic carbocycles. The van der Waals surface area contributed by atoms with E-state index in [1.54, 1.807) is 6.07 Å². The molecule has 2 aromatic rings. The summed E-state index contributed by atoms with van der Waals surface area (Å²) >= 11 is 6.10. The molecule has 1 heterocycles. The first kappa shape index (κ1) is 10.1. The Morgan fingerprint density at radius 3 is 2.53 bits per heavy atom. The van der Waals surface area contributed by atoms with Crippen LogP contribution in [0.25, 0.3) is 5.69 Å². The van der Waals surface area contributed by atoms with Gasteiger partial charge in [-0.2, -0.15) is 5.10 Å². The van der Waals surface area contributed by atoms with Crippen molar-refractivity contribution in [2.45, 2.75) is 13.8 Å². The van der Waals surface area contributed by atoms with Crippen LogP contribution in [-0.4, -0.2) is 9.78 Å². The van der Waals surface area contributed by atoms with Crippen molar-refractivity contribution in [2.75, 3.05) is 5.73 Å². The predicted molar refractivity (Wildman–Crippen MR) is 62.5 cm³/mol. The van der Waals surface area contributed by atoms with Crippen molar-refractivity contribution in [2.24, 2.45) is 0 Å². The van der Waals surface area contributed by atoms with E-state index in [1.807, 2.05) is 36.7 Å². The van der Waals surface area contributed by atoms with Gasteiger partial charge in [0, 0.05) is 11.4 Å². The summed E-state index contributed by atoms with van der Waals surface area (Å²) in [5.74, 6) is 0. The largest absolute Gasteiger partial charge is 0.399 e. The van der Waals surface area contributed by atoms with E-state index in [1.165, 1.54) is 0 Å². The van der Waals surface area contributed by atoms with E-state index in [0.29, 0.717) is 10.7 Å². The van der Waals surface area contributed by atoms with Crippen LogP contribution in [0.4, 0.5) is 5.69 Å². The second-order valence-corrected chi connectivity index (χ2v) is 3.96. The van der Waals surface area contributed by atoms with Gasteiger partial charge in [-0.25, -0.2) is 4.68 Å². The number of hydrogen-bond donors (Lipinski definition) is 1. The molecular formula is C11H12ClN3. The van der Waals surface area contributed by atoms with Crippen LogP contribution >= 0.6 is 11.6 Å². The lowest BCUT2D eigenvalue weighted by Gasteiger charge is -2.07. The fraction of sp³-hybridized carbons (Fsp3) is 0.182.